The third-order valence-corrected chi connectivity index (χ3v) is 5.02. The molecule has 0 radical (unpaired) electrons. The molecule has 8 nitrogen and oxygen atoms in total. The summed E-state index contributed by atoms with van der Waals surface area (Å²) in [6.45, 7) is 0.779. The van der Waals surface area contributed by atoms with Crippen LogP contribution in [0.3, 0.4) is 0 Å². The van der Waals surface area contributed by atoms with Gasteiger partial charge < -0.3 is 10.2 Å². The predicted octanol–water partition coefficient (Wildman–Crippen LogP) is 2.30. The summed E-state index contributed by atoms with van der Waals surface area (Å²) in [5.41, 5.74) is 2.31. The van der Waals surface area contributed by atoms with E-state index in [2.05, 4.69) is 20.8 Å². The molecule has 142 valence electrons. The lowest BCUT2D eigenvalue weighted by Crippen LogP contribution is -2.28. The molecular formula is C19H17ClN6O2. The van der Waals surface area contributed by atoms with Crippen molar-refractivity contribution in [3.05, 3.63) is 65.4 Å². The molecular weight excluding hydrogens is 380 g/mol. The molecule has 1 fully saturated rings. The number of benzene rings is 2. The number of halogens is 1. The first-order chi connectivity index (χ1) is 13.6. The minimum absolute atomic E-state index is 0.0471. The number of hydrogen-bond donors (Lipinski definition) is 1. The van der Waals surface area contributed by atoms with E-state index in [1.165, 1.54) is 11.0 Å². The van der Waals surface area contributed by atoms with Crippen LogP contribution >= 0.6 is 11.6 Å². The van der Waals surface area contributed by atoms with Crippen LogP contribution in [0.2, 0.25) is 5.02 Å². The Morgan fingerprint density at radius 3 is 2.68 bits per heavy atom. The van der Waals surface area contributed by atoms with Crippen LogP contribution in [0.15, 0.2) is 54.9 Å². The lowest BCUT2D eigenvalue weighted by Gasteiger charge is -2.17. The molecule has 1 aliphatic rings. The van der Waals surface area contributed by atoms with Gasteiger partial charge in [-0.2, -0.15) is 0 Å². The molecule has 0 bridgehead atoms. The highest BCUT2D eigenvalue weighted by atomic mass is 35.5. The average molecular weight is 397 g/mol. The number of tetrazole rings is 1. The maximum Gasteiger partial charge on any atom is 0.229 e. The first kappa shape index (κ1) is 18.1. The zero-order valence-electron chi connectivity index (χ0n) is 14.8. The number of aromatic nitrogens is 4. The van der Waals surface area contributed by atoms with Gasteiger partial charge in [-0.05, 0) is 46.3 Å². The third kappa shape index (κ3) is 3.86. The predicted molar refractivity (Wildman–Crippen MR) is 103 cm³/mol. The molecule has 1 unspecified atom stereocenters. The highest BCUT2D eigenvalue weighted by Gasteiger charge is 2.34. The number of amides is 2. The Morgan fingerprint density at radius 2 is 1.96 bits per heavy atom. The van der Waals surface area contributed by atoms with Gasteiger partial charge in [0.2, 0.25) is 11.8 Å². The smallest absolute Gasteiger partial charge is 0.229 e. The van der Waals surface area contributed by atoms with E-state index in [0.717, 1.165) is 11.3 Å². The second-order valence-corrected chi connectivity index (χ2v) is 6.96. The Hall–Kier alpha value is -3.26. The van der Waals surface area contributed by atoms with Gasteiger partial charge in [0, 0.05) is 30.2 Å². The molecule has 0 spiro atoms. The first-order valence-corrected chi connectivity index (χ1v) is 9.13. The third-order valence-electron chi connectivity index (χ3n) is 4.65. The molecule has 0 aliphatic carbocycles. The zero-order valence-corrected chi connectivity index (χ0v) is 15.6. The van der Waals surface area contributed by atoms with Gasteiger partial charge in [-0.25, -0.2) is 4.68 Å². The summed E-state index contributed by atoms with van der Waals surface area (Å²) in [5.74, 6) is -0.617. The number of hydrogen-bond acceptors (Lipinski definition) is 5. The Kier molecular flexibility index (Phi) is 5.03. The van der Waals surface area contributed by atoms with E-state index in [-0.39, 0.29) is 18.2 Å². The van der Waals surface area contributed by atoms with Gasteiger partial charge in [-0.1, -0.05) is 29.8 Å². The standard InChI is InChI=1S/C19H17ClN6O2/c20-17-4-2-1-3-13(17)10-25-11-14(9-18(25)27)19(28)22-15-5-7-16(8-6-15)26-12-21-23-24-26/h1-8,12,14H,9-11H2,(H,22,28). The SMILES string of the molecule is O=C(Nc1ccc(-n2cnnn2)cc1)C1CC(=O)N(Cc2ccccc2Cl)C1. The number of likely N-dealkylation sites (tertiary alicyclic amines) is 1. The first-order valence-electron chi connectivity index (χ1n) is 8.75. The fraction of sp³-hybridized carbons (Fsp3) is 0.211. The van der Waals surface area contributed by atoms with Crippen molar-refractivity contribution >= 4 is 29.1 Å². The van der Waals surface area contributed by atoms with E-state index in [1.807, 2.05) is 18.2 Å². The normalized spacial score (nSPS) is 16.4. The maximum atomic E-state index is 12.6. The maximum absolute atomic E-state index is 12.6. The molecule has 1 aliphatic heterocycles. The second kappa shape index (κ2) is 7.77. The second-order valence-electron chi connectivity index (χ2n) is 6.56. The summed E-state index contributed by atoms with van der Waals surface area (Å²) in [6.07, 6.45) is 1.68. The van der Waals surface area contributed by atoms with Gasteiger partial charge in [0.05, 0.1) is 11.6 Å². The van der Waals surface area contributed by atoms with Crippen LogP contribution in [-0.2, 0) is 16.1 Å². The summed E-state index contributed by atoms with van der Waals surface area (Å²) in [7, 11) is 0. The van der Waals surface area contributed by atoms with Crippen molar-refractivity contribution in [1.29, 1.82) is 0 Å². The molecule has 2 heterocycles. The van der Waals surface area contributed by atoms with Crippen molar-refractivity contribution in [3.8, 4) is 5.69 Å². The Balaban J connectivity index is 1.37. The summed E-state index contributed by atoms with van der Waals surface area (Å²) < 4.78 is 1.52. The average Bonchev–Trinajstić information content (AvgIpc) is 3.35. The van der Waals surface area contributed by atoms with Crippen molar-refractivity contribution in [1.82, 2.24) is 25.1 Å². The molecule has 0 saturated carbocycles. The topological polar surface area (TPSA) is 93.0 Å². The zero-order chi connectivity index (χ0) is 19.5. The van der Waals surface area contributed by atoms with Crippen LogP contribution in [-0.4, -0.2) is 43.5 Å². The minimum Gasteiger partial charge on any atom is -0.337 e. The number of rotatable bonds is 5. The van der Waals surface area contributed by atoms with Crippen molar-refractivity contribution in [2.45, 2.75) is 13.0 Å². The minimum atomic E-state index is -0.394. The molecule has 28 heavy (non-hydrogen) atoms. The monoisotopic (exact) mass is 396 g/mol. The van der Waals surface area contributed by atoms with Crippen molar-refractivity contribution in [2.24, 2.45) is 5.92 Å². The largest absolute Gasteiger partial charge is 0.337 e. The van der Waals surface area contributed by atoms with Gasteiger partial charge in [0.1, 0.15) is 6.33 Å². The molecule has 3 aromatic rings. The summed E-state index contributed by atoms with van der Waals surface area (Å²) in [5, 5.41) is 14.5. The van der Waals surface area contributed by atoms with E-state index in [9.17, 15) is 9.59 Å². The Morgan fingerprint density at radius 1 is 1.18 bits per heavy atom. The fourth-order valence-electron chi connectivity index (χ4n) is 3.15. The van der Waals surface area contributed by atoms with Gasteiger partial charge in [-0.3, -0.25) is 9.59 Å². The van der Waals surface area contributed by atoms with Crippen LogP contribution in [0.1, 0.15) is 12.0 Å². The van der Waals surface area contributed by atoms with Crippen LogP contribution in [0.25, 0.3) is 5.69 Å². The van der Waals surface area contributed by atoms with Crippen LogP contribution < -0.4 is 5.32 Å². The summed E-state index contributed by atoms with van der Waals surface area (Å²) >= 11 is 6.18. The van der Waals surface area contributed by atoms with Gasteiger partial charge in [-0.15, -0.1) is 5.10 Å². The fourth-order valence-corrected chi connectivity index (χ4v) is 3.35. The van der Waals surface area contributed by atoms with Gasteiger partial charge in [0.25, 0.3) is 0 Å². The number of nitrogens with one attached hydrogen (secondary N) is 1. The van der Waals surface area contributed by atoms with Crippen LogP contribution in [0, 0.1) is 5.92 Å². The Labute approximate surface area is 166 Å². The van der Waals surface area contributed by atoms with Crippen molar-refractivity contribution in [2.75, 3.05) is 11.9 Å². The van der Waals surface area contributed by atoms with Crippen LogP contribution in [0.4, 0.5) is 5.69 Å². The lowest BCUT2D eigenvalue weighted by atomic mass is 10.1. The number of carbonyl (C=O) groups is 2. The number of anilines is 1. The molecule has 1 aromatic heterocycles. The summed E-state index contributed by atoms with van der Waals surface area (Å²) in [4.78, 5) is 26.6. The highest BCUT2D eigenvalue weighted by Crippen LogP contribution is 2.24. The molecule has 9 heteroatoms. The highest BCUT2D eigenvalue weighted by molar-refractivity contribution is 6.31. The molecule has 4 rings (SSSR count). The molecule has 1 atom stereocenters. The molecule has 1 N–H and O–H groups in total. The van der Waals surface area contributed by atoms with E-state index >= 15 is 0 Å². The van der Waals surface area contributed by atoms with Crippen molar-refractivity contribution < 1.29 is 9.59 Å². The van der Waals surface area contributed by atoms with E-state index in [4.69, 9.17) is 11.6 Å². The summed E-state index contributed by atoms with van der Waals surface area (Å²) in [6, 6.07) is 14.5. The lowest BCUT2D eigenvalue weighted by molar-refractivity contribution is -0.128. The van der Waals surface area contributed by atoms with Gasteiger partial charge in [0.15, 0.2) is 0 Å². The van der Waals surface area contributed by atoms with Crippen LogP contribution in [0.5, 0.6) is 0 Å². The van der Waals surface area contributed by atoms with E-state index in [0.29, 0.717) is 23.8 Å². The Bertz CT molecular complexity index is 990. The van der Waals surface area contributed by atoms with E-state index in [1.54, 1.807) is 35.2 Å². The number of nitrogens with zero attached hydrogens (tertiary/aromatic N) is 5. The molecule has 1 saturated heterocycles. The molecule has 2 amide bonds. The van der Waals surface area contributed by atoms with Crippen molar-refractivity contribution in [3.63, 3.8) is 0 Å². The number of carbonyl (C=O) groups excluding carboxylic acids is 2. The van der Waals surface area contributed by atoms with Gasteiger partial charge >= 0.3 is 0 Å². The molecule has 2 aromatic carbocycles. The van der Waals surface area contributed by atoms with E-state index < -0.39 is 5.92 Å². The quantitative estimate of drug-likeness (QED) is 0.714.